The molecule has 0 radical (unpaired) electrons. The van der Waals surface area contributed by atoms with Crippen LogP contribution in [-0.4, -0.2) is 24.4 Å². The molecule has 22 heavy (non-hydrogen) atoms. The summed E-state index contributed by atoms with van der Waals surface area (Å²) in [6.45, 7) is -0.00219. The Kier molecular flexibility index (Phi) is 6.58. The normalized spacial score (nSPS) is 23.5. The van der Waals surface area contributed by atoms with Crippen LogP contribution in [0.3, 0.4) is 0 Å². The monoisotopic (exact) mass is 313 g/mol. The van der Waals surface area contributed by atoms with Crippen LogP contribution < -0.4 is 10.1 Å². The SMILES string of the molecule is CCC(NCC1CCCC(O)C1)c1ccccc1OC(F)F. The van der Waals surface area contributed by atoms with E-state index in [1.54, 1.807) is 12.1 Å². The van der Waals surface area contributed by atoms with E-state index in [2.05, 4.69) is 10.1 Å². The van der Waals surface area contributed by atoms with E-state index in [1.807, 2.05) is 19.1 Å². The fourth-order valence-corrected chi connectivity index (χ4v) is 3.20. The maximum atomic E-state index is 12.5. The van der Waals surface area contributed by atoms with Gasteiger partial charge in [-0.2, -0.15) is 8.78 Å². The molecule has 0 amide bonds. The minimum Gasteiger partial charge on any atom is -0.434 e. The lowest BCUT2D eigenvalue weighted by atomic mass is 9.87. The third-order valence-corrected chi connectivity index (χ3v) is 4.33. The predicted molar refractivity (Wildman–Crippen MR) is 82.1 cm³/mol. The summed E-state index contributed by atoms with van der Waals surface area (Å²) >= 11 is 0. The van der Waals surface area contributed by atoms with Gasteiger partial charge in [-0.15, -0.1) is 0 Å². The predicted octanol–water partition coefficient (Wildman–Crippen LogP) is 3.88. The first kappa shape index (κ1) is 17.2. The third kappa shape index (κ3) is 4.92. The first-order valence-corrected chi connectivity index (χ1v) is 8.05. The molecule has 1 fully saturated rings. The number of alkyl halides is 2. The van der Waals surface area contributed by atoms with E-state index in [0.29, 0.717) is 5.92 Å². The van der Waals surface area contributed by atoms with Crippen LogP contribution in [0.1, 0.15) is 50.6 Å². The molecule has 5 heteroatoms. The standard InChI is InChI=1S/C17H25F2NO2/c1-2-15(20-11-12-6-5-7-13(21)10-12)14-8-3-4-9-16(14)22-17(18)19/h3-4,8-9,12-13,15,17,20-21H,2,5-7,10-11H2,1H3. The molecule has 1 aromatic carbocycles. The summed E-state index contributed by atoms with van der Waals surface area (Å²) < 4.78 is 29.7. The Hall–Kier alpha value is -1.20. The molecule has 3 nitrogen and oxygen atoms in total. The van der Waals surface area contributed by atoms with Gasteiger partial charge in [0.25, 0.3) is 0 Å². The van der Waals surface area contributed by atoms with Crippen molar-refractivity contribution in [2.24, 2.45) is 5.92 Å². The van der Waals surface area contributed by atoms with Gasteiger partial charge in [-0.25, -0.2) is 0 Å². The van der Waals surface area contributed by atoms with Gasteiger partial charge in [0.05, 0.1) is 6.10 Å². The molecule has 0 spiro atoms. The summed E-state index contributed by atoms with van der Waals surface area (Å²) in [7, 11) is 0. The van der Waals surface area contributed by atoms with Crippen molar-refractivity contribution in [1.29, 1.82) is 0 Å². The van der Waals surface area contributed by atoms with Gasteiger partial charge < -0.3 is 15.2 Å². The van der Waals surface area contributed by atoms with Crippen molar-refractivity contribution < 1.29 is 18.6 Å². The zero-order chi connectivity index (χ0) is 15.9. The van der Waals surface area contributed by atoms with E-state index in [9.17, 15) is 13.9 Å². The van der Waals surface area contributed by atoms with Crippen LogP contribution >= 0.6 is 0 Å². The summed E-state index contributed by atoms with van der Waals surface area (Å²) in [5.41, 5.74) is 0.765. The van der Waals surface area contributed by atoms with Gasteiger partial charge in [0.15, 0.2) is 0 Å². The second kappa shape index (κ2) is 8.44. The molecule has 3 atom stereocenters. The first-order valence-electron chi connectivity index (χ1n) is 8.05. The smallest absolute Gasteiger partial charge is 0.387 e. The Morgan fingerprint density at radius 2 is 2.09 bits per heavy atom. The molecule has 1 aliphatic rings. The molecular formula is C17H25F2NO2. The Morgan fingerprint density at radius 3 is 2.77 bits per heavy atom. The fraction of sp³-hybridized carbons (Fsp3) is 0.647. The van der Waals surface area contributed by atoms with Crippen LogP contribution in [0.15, 0.2) is 24.3 Å². The number of aliphatic hydroxyl groups excluding tert-OH is 1. The summed E-state index contributed by atoms with van der Waals surface area (Å²) in [6.07, 6.45) is 4.46. The molecule has 0 aliphatic heterocycles. The number of aliphatic hydroxyl groups is 1. The number of benzene rings is 1. The molecule has 0 heterocycles. The maximum Gasteiger partial charge on any atom is 0.387 e. The quantitative estimate of drug-likeness (QED) is 0.802. The largest absolute Gasteiger partial charge is 0.434 e. The van der Waals surface area contributed by atoms with Crippen molar-refractivity contribution >= 4 is 0 Å². The molecule has 0 bridgehead atoms. The van der Waals surface area contributed by atoms with Crippen LogP contribution in [0, 0.1) is 5.92 Å². The van der Waals surface area contributed by atoms with Crippen molar-refractivity contribution in [3.63, 3.8) is 0 Å². The summed E-state index contributed by atoms with van der Waals surface area (Å²) in [6, 6.07) is 6.92. The Balaban J connectivity index is 1.99. The molecule has 2 rings (SSSR count). The highest BCUT2D eigenvalue weighted by Gasteiger charge is 2.22. The van der Waals surface area contributed by atoms with Crippen LogP contribution in [0.4, 0.5) is 8.78 Å². The number of rotatable bonds is 7. The van der Waals surface area contributed by atoms with Gasteiger partial charge in [-0.1, -0.05) is 31.5 Å². The topological polar surface area (TPSA) is 41.5 Å². The number of hydrogen-bond acceptors (Lipinski definition) is 3. The second-order valence-electron chi connectivity index (χ2n) is 5.97. The van der Waals surface area contributed by atoms with Crippen molar-refractivity contribution in [1.82, 2.24) is 5.32 Å². The van der Waals surface area contributed by atoms with Crippen LogP contribution in [-0.2, 0) is 0 Å². The average Bonchev–Trinajstić information content (AvgIpc) is 2.49. The highest BCUT2D eigenvalue weighted by molar-refractivity contribution is 5.36. The molecule has 124 valence electrons. The minimum absolute atomic E-state index is 0.0194. The zero-order valence-electron chi connectivity index (χ0n) is 13.0. The lowest BCUT2D eigenvalue weighted by molar-refractivity contribution is -0.0507. The van der Waals surface area contributed by atoms with Gasteiger partial charge in [-0.3, -0.25) is 0 Å². The van der Waals surface area contributed by atoms with Gasteiger partial charge in [0.2, 0.25) is 0 Å². The van der Waals surface area contributed by atoms with E-state index in [4.69, 9.17) is 0 Å². The van der Waals surface area contributed by atoms with Crippen LogP contribution in [0.5, 0.6) is 5.75 Å². The summed E-state index contributed by atoms with van der Waals surface area (Å²) in [5.74, 6) is 0.682. The van der Waals surface area contributed by atoms with Crippen molar-refractivity contribution in [3.05, 3.63) is 29.8 Å². The van der Waals surface area contributed by atoms with Crippen molar-refractivity contribution in [3.8, 4) is 5.75 Å². The molecule has 0 aromatic heterocycles. The van der Waals surface area contributed by atoms with Crippen molar-refractivity contribution in [2.45, 2.75) is 57.8 Å². The van der Waals surface area contributed by atoms with E-state index >= 15 is 0 Å². The van der Waals surface area contributed by atoms with Crippen LogP contribution in [0.2, 0.25) is 0 Å². The molecule has 1 aromatic rings. The Bertz CT molecular complexity index is 456. The maximum absolute atomic E-state index is 12.5. The number of nitrogens with one attached hydrogen (secondary N) is 1. The Morgan fingerprint density at radius 1 is 1.32 bits per heavy atom. The Labute approximate surface area is 130 Å². The highest BCUT2D eigenvalue weighted by Crippen LogP contribution is 2.30. The van der Waals surface area contributed by atoms with Gasteiger partial charge in [0, 0.05) is 11.6 Å². The third-order valence-electron chi connectivity index (χ3n) is 4.33. The average molecular weight is 313 g/mol. The first-order chi connectivity index (χ1) is 10.6. The van der Waals surface area contributed by atoms with Crippen LogP contribution in [0.25, 0.3) is 0 Å². The number of para-hydroxylation sites is 1. The van der Waals surface area contributed by atoms with E-state index in [0.717, 1.165) is 44.2 Å². The van der Waals surface area contributed by atoms with Crippen molar-refractivity contribution in [2.75, 3.05) is 6.54 Å². The highest BCUT2D eigenvalue weighted by atomic mass is 19.3. The molecule has 1 aliphatic carbocycles. The van der Waals surface area contributed by atoms with E-state index in [-0.39, 0.29) is 17.9 Å². The lowest BCUT2D eigenvalue weighted by Crippen LogP contribution is -2.31. The molecule has 2 N–H and O–H groups in total. The molecule has 3 unspecified atom stereocenters. The van der Waals surface area contributed by atoms with Gasteiger partial charge >= 0.3 is 6.61 Å². The fourth-order valence-electron chi connectivity index (χ4n) is 3.20. The van der Waals surface area contributed by atoms with E-state index in [1.165, 1.54) is 0 Å². The molecular weight excluding hydrogens is 288 g/mol. The zero-order valence-corrected chi connectivity index (χ0v) is 13.0. The lowest BCUT2D eigenvalue weighted by Gasteiger charge is -2.28. The molecule has 0 saturated heterocycles. The van der Waals surface area contributed by atoms with E-state index < -0.39 is 6.61 Å². The summed E-state index contributed by atoms with van der Waals surface area (Å²) in [5, 5.41) is 13.2. The number of halogens is 2. The minimum atomic E-state index is -2.81. The second-order valence-corrected chi connectivity index (χ2v) is 5.97. The number of ether oxygens (including phenoxy) is 1. The van der Waals surface area contributed by atoms with Gasteiger partial charge in [-0.05, 0) is 44.2 Å². The summed E-state index contributed by atoms with van der Waals surface area (Å²) in [4.78, 5) is 0. The van der Waals surface area contributed by atoms with Gasteiger partial charge in [0.1, 0.15) is 5.75 Å². The molecule has 1 saturated carbocycles. The number of hydrogen-bond donors (Lipinski definition) is 2.